The number of hydrogen-bond donors (Lipinski definition) is 2. The Hall–Kier alpha value is -3.41. The minimum absolute atomic E-state index is 0.231. The van der Waals surface area contributed by atoms with Gasteiger partial charge >= 0.3 is 0 Å². The van der Waals surface area contributed by atoms with Gasteiger partial charge in [0.05, 0.1) is 22.0 Å². The number of amides is 1. The van der Waals surface area contributed by atoms with Crippen molar-refractivity contribution < 1.29 is 13.6 Å². The first kappa shape index (κ1) is 29.1. The smallest absolute Gasteiger partial charge is 0.273 e. The SMILES string of the molecule is Cc1ccnc(Nc2ncc(Sc3ccnc(C(=O)NCC4(c5ccccc5)CCN(CCCF)CC4)c3F)s2)c1. The lowest BCUT2D eigenvalue weighted by molar-refractivity contribution is 0.0910. The number of rotatable bonds is 11. The third-order valence-electron chi connectivity index (χ3n) is 7.31. The van der Waals surface area contributed by atoms with Gasteiger partial charge in [0.2, 0.25) is 0 Å². The molecule has 4 heterocycles. The first-order chi connectivity index (χ1) is 20.0. The number of carbonyl (C=O) groups is 1. The van der Waals surface area contributed by atoms with E-state index in [1.54, 1.807) is 18.5 Å². The van der Waals surface area contributed by atoms with E-state index >= 15 is 4.39 Å². The third kappa shape index (κ3) is 7.27. The molecule has 1 aromatic carbocycles. The average Bonchev–Trinajstić information content (AvgIpc) is 3.43. The second-order valence-electron chi connectivity index (χ2n) is 10.1. The van der Waals surface area contributed by atoms with Crippen molar-refractivity contribution in [2.75, 3.05) is 38.2 Å². The van der Waals surface area contributed by atoms with Crippen LogP contribution in [0.4, 0.5) is 19.7 Å². The number of halogens is 2. The van der Waals surface area contributed by atoms with Gasteiger partial charge in [-0.2, -0.15) is 0 Å². The molecule has 1 aliphatic heterocycles. The number of thiazole rings is 1. The third-order valence-corrected chi connectivity index (χ3v) is 9.36. The second kappa shape index (κ2) is 13.5. The summed E-state index contributed by atoms with van der Waals surface area (Å²) in [7, 11) is 0. The number of nitrogens with zero attached hydrogens (tertiary/aromatic N) is 4. The number of likely N-dealkylation sites (tertiary alicyclic amines) is 1. The summed E-state index contributed by atoms with van der Waals surface area (Å²) in [4.78, 5) is 28.5. The zero-order valence-corrected chi connectivity index (χ0v) is 24.4. The number of aryl methyl sites for hydroxylation is 1. The zero-order valence-electron chi connectivity index (χ0n) is 22.8. The minimum atomic E-state index is -0.659. The lowest BCUT2D eigenvalue weighted by Crippen LogP contribution is -2.49. The molecular weight excluding hydrogens is 563 g/mol. The molecule has 1 fully saturated rings. The molecule has 214 valence electrons. The normalized spacial score (nSPS) is 15.0. The van der Waals surface area contributed by atoms with Crippen molar-refractivity contribution in [2.45, 2.75) is 40.7 Å². The molecule has 0 aliphatic carbocycles. The standard InChI is InChI=1S/C30H32F2N6OS2/c1-21-8-13-33-24(18-21)37-29-35-19-25(41-29)40-23-9-14-34-27(26(23)32)28(39)36-20-30(22-6-3-2-4-7-22)10-16-38(17-11-30)15-5-12-31/h2-4,6-9,13-14,18-19H,5,10-12,15-17,20H2,1H3,(H,36,39)(H,33,35,37). The Morgan fingerprint density at radius 2 is 1.88 bits per heavy atom. The molecule has 11 heteroatoms. The summed E-state index contributed by atoms with van der Waals surface area (Å²) in [6.07, 6.45) is 6.99. The highest BCUT2D eigenvalue weighted by Gasteiger charge is 2.36. The van der Waals surface area contributed by atoms with E-state index in [4.69, 9.17) is 0 Å². The van der Waals surface area contributed by atoms with Crippen LogP contribution in [-0.2, 0) is 5.41 Å². The Morgan fingerprint density at radius 1 is 1.10 bits per heavy atom. The topological polar surface area (TPSA) is 83.0 Å². The average molecular weight is 595 g/mol. The van der Waals surface area contributed by atoms with E-state index in [9.17, 15) is 9.18 Å². The first-order valence-electron chi connectivity index (χ1n) is 13.6. The Bertz CT molecular complexity index is 1460. The van der Waals surface area contributed by atoms with Crippen molar-refractivity contribution in [3.8, 4) is 0 Å². The van der Waals surface area contributed by atoms with Gasteiger partial charge in [0.25, 0.3) is 5.91 Å². The highest BCUT2D eigenvalue weighted by molar-refractivity contribution is 8.01. The van der Waals surface area contributed by atoms with Crippen molar-refractivity contribution in [1.29, 1.82) is 0 Å². The van der Waals surface area contributed by atoms with E-state index in [0.29, 0.717) is 28.8 Å². The number of carbonyl (C=O) groups excluding carboxylic acids is 1. The quantitative estimate of drug-likeness (QED) is 0.208. The molecule has 0 atom stereocenters. The monoisotopic (exact) mass is 594 g/mol. The summed E-state index contributed by atoms with van der Waals surface area (Å²) in [5.74, 6) is -0.519. The van der Waals surface area contributed by atoms with Crippen LogP contribution in [0.25, 0.3) is 0 Å². The maximum absolute atomic E-state index is 15.5. The molecule has 1 amide bonds. The maximum Gasteiger partial charge on any atom is 0.273 e. The van der Waals surface area contributed by atoms with E-state index in [1.165, 1.54) is 29.3 Å². The van der Waals surface area contributed by atoms with E-state index in [2.05, 4.69) is 42.6 Å². The lowest BCUT2D eigenvalue weighted by Gasteiger charge is -2.42. The Morgan fingerprint density at radius 3 is 2.63 bits per heavy atom. The molecule has 2 N–H and O–H groups in total. The summed E-state index contributed by atoms with van der Waals surface area (Å²) < 4.78 is 29.0. The molecule has 0 radical (unpaired) electrons. The van der Waals surface area contributed by atoms with E-state index in [0.717, 1.165) is 47.8 Å². The van der Waals surface area contributed by atoms with Gasteiger partial charge in [-0.15, -0.1) is 0 Å². The molecule has 41 heavy (non-hydrogen) atoms. The van der Waals surface area contributed by atoms with Gasteiger partial charge in [0, 0.05) is 30.9 Å². The van der Waals surface area contributed by atoms with Gasteiger partial charge in [-0.3, -0.25) is 9.18 Å². The zero-order chi connectivity index (χ0) is 28.7. The van der Waals surface area contributed by atoms with Crippen molar-refractivity contribution >= 4 is 40.0 Å². The summed E-state index contributed by atoms with van der Waals surface area (Å²) in [6.45, 7) is 4.38. The number of piperidine rings is 1. The van der Waals surface area contributed by atoms with Crippen LogP contribution >= 0.6 is 23.1 Å². The van der Waals surface area contributed by atoms with Crippen molar-refractivity contribution in [1.82, 2.24) is 25.2 Å². The van der Waals surface area contributed by atoms with Gasteiger partial charge in [0.15, 0.2) is 16.6 Å². The van der Waals surface area contributed by atoms with Crippen LogP contribution in [0, 0.1) is 12.7 Å². The number of benzene rings is 1. The van der Waals surface area contributed by atoms with Crippen LogP contribution in [0.2, 0.25) is 0 Å². The van der Waals surface area contributed by atoms with Crippen LogP contribution in [0.15, 0.2) is 76.2 Å². The summed E-state index contributed by atoms with van der Waals surface area (Å²) >= 11 is 2.57. The minimum Gasteiger partial charge on any atom is -0.350 e. The van der Waals surface area contributed by atoms with Crippen LogP contribution in [0.1, 0.15) is 40.9 Å². The highest BCUT2D eigenvalue weighted by Crippen LogP contribution is 2.37. The van der Waals surface area contributed by atoms with Crippen LogP contribution < -0.4 is 10.6 Å². The van der Waals surface area contributed by atoms with Gasteiger partial charge in [-0.05, 0) is 68.6 Å². The molecule has 3 aromatic heterocycles. The number of nitrogens with one attached hydrogen (secondary N) is 2. The highest BCUT2D eigenvalue weighted by atomic mass is 32.2. The number of hydrogen-bond acceptors (Lipinski definition) is 8. The Kier molecular flexibility index (Phi) is 9.58. The van der Waals surface area contributed by atoms with Crippen molar-refractivity contribution in [3.05, 3.63) is 89.8 Å². The number of aromatic nitrogens is 3. The largest absolute Gasteiger partial charge is 0.350 e. The fourth-order valence-corrected chi connectivity index (χ4v) is 6.90. The molecule has 0 spiro atoms. The van der Waals surface area contributed by atoms with Gasteiger partial charge < -0.3 is 15.5 Å². The summed E-state index contributed by atoms with van der Waals surface area (Å²) in [5.41, 5.74) is 1.69. The summed E-state index contributed by atoms with van der Waals surface area (Å²) in [6, 6.07) is 15.5. The number of pyridine rings is 2. The van der Waals surface area contributed by atoms with Crippen LogP contribution in [0.3, 0.4) is 0 Å². The molecule has 5 rings (SSSR count). The Balaban J connectivity index is 1.26. The van der Waals surface area contributed by atoms with E-state index in [-0.39, 0.29) is 17.8 Å². The van der Waals surface area contributed by atoms with E-state index in [1.807, 2.05) is 37.3 Å². The maximum atomic E-state index is 15.5. The molecule has 1 saturated heterocycles. The predicted octanol–water partition coefficient (Wildman–Crippen LogP) is 6.40. The summed E-state index contributed by atoms with van der Waals surface area (Å²) in [5, 5.41) is 6.78. The van der Waals surface area contributed by atoms with Crippen LogP contribution in [0.5, 0.6) is 0 Å². The molecule has 0 unspecified atom stereocenters. The van der Waals surface area contributed by atoms with E-state index < -0.39 is 11.7 Å². The molecule has 7 nitrogen and oxygen atoms in total. The van der Waals surface area contributed by atoms with Gasteiger partial charge in [-0.25, -0.2) is 19.3 Å². The number of alkyl halides is 1. The fourth-order valence-electron chi connectivity index (χ4n) is 5.03. The van der Waals surface area contributed by atoms with Gasteiger partial charge in [0.1, 0.15) is 5.82 Å². The molecular formula is C30H32F2N6OS2. The fraction of sp³-hybridized carbons (Fsp3) is 0.333. The lowest BCUT2D eigenvalue weighted by atomic mass is 9.72. The number of anilines is 2. The molecule has 1 aliphatic rings. The van der Waals surface area contributed by atoms with Gasteiger partial charge in [-0.1, -0.05) is 53.4 Å². The first-order valence-corrected chi connectivity index (χ1v) is 15.2. The predicted molar refractivity (Wildman–Crippen MR) is 159 cm³/mol. The van der Waals surface area contributed by atoms with Crippen molar-refractivity contribution in [3.63, 3.8) is 0 Å². The molecule has 0 saturated carbocycles. The molecule has 4 aromatic rings. The van der Waals surface area contributed by atoms with Crippen LogP contribution in [-0.4, -0.2) is 58.6 Å². The second-order valence-corrected chi connectivity index (χ2v) is 12.5. The molecule has 0 bridgehead atoms. The Labute approximate surface area is 246 Å². The van der Waals surface area contributed by atoms with Crippen molar-refractivity contribution in [2.24, 2.45) is 0 Å².